The van der Waals surface area contributed by atoms with Crippen molar-refractivity contribution in [2.24, 2.45) is 11.8 Å². The molecule has 2 saturated carbocycles. The van der Waals surface area contributed by atoms with Crippen LogP contribution < -0.4 is 0 Å². The largest absolute Gasteiger partial charge is 0.481 e. The third-order valence-electron chi connectivity index (χ3n) is 3.81. The maximum atomic E-state index is 11.2. The molecule has 0 saturated heterocycles. The van der Waals surface area contributed by atoms with Gasteiger partial charge in [0.05, 0.1) is 5.92 Å². The van der Waals surface area contributed by atoms with Gasteiger partial charge >= 0.3 is 5.97 Å². The zero-order valence-electron chi connectivity index (χ0n) is 10.4. The van der Waals surface area contributed by atoms with Crippen LogP contribution in [0.15, 0.2) is 0 Å². The SMILES string of the molecule is CC(C)CN(C1CC1)C1CCCC1C(=O)O. The van der Waals surface area contributed by atoms with Crippen molar-refractivity contribution < 1.29 is 9.90 Å². The first-order valence-corrected chi connectivity index (χ1v) is 6.58. The van der Waals surface area contributed by atoms with Crippen LogP contribution in [0.2, 0.25) is 0 Å². The molecule has 0 aromatic rings. The Bertz CT molecular complexity index is 261. The Kier molecular flexibility index (Phi) is 3.53. The molecule has 0 radical (unpaired) electrons. The summed E-state index contributed by atoms with van der Waals surface area (Å²) in [7, 11) is 0. The number of carboxylic acids is 1. The Morgan fingerprint density at radius 1 is 1.31 bits per heavy atom. The fraction of sp³-hybridized carbons (Fsp3) is 0.923. The number of rotatable bonds is 5. The van der Waals surface area contributed by atoms with Crippen LogP contribution in [0.25, 0.3) is 0 Å². The molecule has 0 amide bonds. The van der Waals surface area contributed by atoms with Gasteiger partial charge in [-0.1, -0.05) is 20.3 Å². The topological polar surface area (TPSA) is 40.5 Å². The lowest BCUT2D eigenvalue weighted by molar-refractivity contribution is -0.143. The molecule has 16 heavy (non-hydrogen) atoms. The van der Waals surface area contributed by atoms with Gasteiger partial charge in [0.25, 0.3) is 0 Å². The minimum absolute atomic E-state index is 0.112. The fourth-order valence-electron chi connectivity index (χ4n) is 3.01. The molecule has 2 aliphatic carbocycles. The van der Waals surface area contributed by atoms with Gasteiger partial charge in [-0.15, -0.1) is 0 Å². The molecule has 0 bridgehead atoms. The van der Waals surface area contributed by atoms with Gasteiger partial charge in [-0.25, -0.2) is 0 Å². The monoisotopic (exact) mass is 225 g/mol. The minimum atomic E-state index is -0.586. The van der Waals surface area contributed by atoms with Gasteiger partial charge in [0.15, 0.2) is 0 Å². The minimum Gasteiger partial charge on any atom is -0.481 e. The van der Waals surface area contributed by atoms with Crippen molar-refractivity contribution in [1.82, 2.24) is 4.90 Å². The summed E-state index contributed by atoms with van der Waals surface area (Å²) < 4.78 is 0. The van der Waals surface area contributed by atoms with E-state index in [9.17, 15) is 9.90 Å². The number of hydrogen-bond acceptors (Lipinski definition) is 2. The van der Waals surface area contributed by atoms with Crippen molar-refractivity contribution >= 4 is 5.97 Å². The van der Waals surface area contributed by atoms with Crippen molar-refractivity contribution in [3.8, 4) is 0 Å². The fourth-order valence-corrected chi connectivity index (χ4v) is 3.01. The van der Waals surface area contributed by atoms with E-state index in [-0.39, 0.29) is 5.92 Å². The molecule has 3 nitrogen and oxygen atoms in total. The van der Waals surface area contributed by atoms with E-state index in [4.69, 9.17) is 0 Å². The zero-order valence-corrected chi connectivity index (χ0v) is 10.4. The van der Waals surface area contributed by atoms with E-state index in [0.29, 0.717) is 18.0 Å². The predicted octanol–water partition coefficient (Wildman–Crippen LogP) is 2.36. The molecule has 0 spiro atoms. The molecule has 2 rings (SSSR count). The summed E-state index contributed by atoms with van der Waals surface area (Å²) in [4.78, 5) is 13.7. The Labute approximate surface area is 97.8 Å². The number of aliphatic carboxylic acids is 1. The summed E-state index contributed by atoms with van der Waals surface area (Å²) in [6.45, 7) is 5.51. The summed E-state index contributed by atoms with van der Waals surface area (Å²) in [5.74, 6) is -0.0631. The molecule has 2 atom stereocenters. The number of hydrogen-bond donors (Lipinski definition) is 1. The molecule has 92 valence electrons. The van der Waals surface area contributed by atoms with Crippen LogP contribution >= 0.6 is 0 Å². The number of carboxylic acid groups (broad SMARTS) is 1. The molecule has 0 aromatic heterocycles. The van der Waals surface area contributed by atoms with E-state index in [2.05, 4.69) is 18.7 Å². The van der Waals surface area contributed by atoms with Gasteiger partial charge in [0, 0.05) is 18.6 Å². The van der Waals surface area contributed by atoms with Gasteiger partial charge in [0.1, 0.15) is 0 Å². The van der Waals surface area contributed by atoms with Gasteiger partial charge in [-0.05, 0) is 31.6 Å². The van der Waals surface area contributed by atoms with E-state index < -0.39 is 5.97 Å². The highest BCUT2D eigenvalue weighted by Crippen LogP contribution is 2.37. The summed E-state index contributed by atoms with van der Waals surface area (Å²) in [5.41, 5.74) is 0. The highest BCUT2D eigenvalue weighted by Gasteiger charge is 2.42. The van der Waals surface area contributed by atoms with Crippen molar-refractivity contribution in [1.29, 1.82) is 0 Å². The van der Waals surface area contributed by atoms with E-state index in [1.54, 1.807) is 0 Å². The lowest BCUT2D eigenvalue weighted by Crippen LogP contribution is -2.43. The molecular weight excluding hydrogens is 202 g/mol. The molecule has 2 aliphatic rings. The first-order valence-electron chi connectivity index (χ1n) is 6.58. The maximum absolute atomic E-state index is 11.2. The molecular formula is C13H23NO2. The van der Waals surface area contributed by atoms with Crippen LogP contribution in [0.5, 0.6) is 0 Å². The summed E-state index contributed by atoms with van der Waals surface area (Å²) in [5, 5.41) is 9.24. The quantitative estimate of drug-likeness (QED) is 0.781. The van der Waals surface area contributed by atoms with Crippen LogP contribution in [-0.4, -0.2) is 34.6 Å². The van der Waals surface area contributed by atoms with Gasteiger partial charge in [0.2, 0.25) is 0 Å². The van der Waals surface area contributed by atoms with E-state index in [0.717, 1.165) is 25.8 Å². The number of carbonyl (C=O) groups is 1. The van der Waals surface area contributed by atoms with Crippen LogP contribution in [0.3, 0.4) is 0 Å². The lowest BCUT2D eigenvalue weighted by atomic mass is 10.0. The van der Waals surface area contributed by atoms with Crippen LogP contribution in [0.4, 0.5) is 0 Å². The predicted molar refractivity (Wildman–Crippen MR) is 63.3 cm³/mol. The van der Waals surface area contributed by atoms with Crippen molar-refractivity contribution in [3.63, 3.8) is 0 Å². The second-order valence-electron chi connectivity index (χ2n) is 5.76. The molecule has 2 fully saturated rings. The Hall–Kier alpha value is -0.570. The zero-order chi connectivity index (χ0) is 11.7. The summed E-state index contributed by atoms with van der Waals surface area (Å²) >= 11 is 0. The molecule has 3 heteroatoms. The van der Waals surface area contributed by atoms with E-state index in [1.165, 1.54) is 12.8 Å². The maximum Gasteiger partial charge on any atom is 0.308 e. The first-order chi connectivity index (χ1) is 7.59. The molecule has 2 unspecified atom stereocenters. The summed E-state index contributed by atoms with van der Waals surface area (Å²) in [6, 6.07) is 1.000. The second kappa shape index (κ2) is 4.74. The van der Waals surface area contributed by atoms with Crippen molar-refractivity contribution in [3.05, 3.63) is 0 Å². The average molecular weight is 225 g/mol. The van der Waals surface area contributed by atoms with Crippen molar-refractivity contribution in [2.75, 3.05) is 6.54 Å². The Morgan fingerprint density at radius 2 is 2.00 bits per heavy atom. The standard InChI is InChI=1S/C13H23NO2/c1-9(2)8-14(10-6-7-10)12-5-3-4-11(12)13(15)16/h9-12H,3-8H2,1-2H3,(H,15,16). The third-order valence-corrected chi connectivity index (χ3v) is 3.81. The molecule has 0 heterocycles. The number of nitrogens with zero attached hydrogens (tertiary/aromatic N) is 1. The lowest BCUT2D eigenvalue weighted by Gasteiger charge is -2.33. The van der Waals surface area contributed by atoms with Gasteiger partial charge in [-0.2, -0.15) is 0 Å². The van der Waals surface area contributed by atoms with Gasteiger partial charge < -0.3 is 5.11 Å². The molecule has 0 aromatic carbocycles. The smallest absolute Gasteiger partial charge is 0.308 e. The second-order valence-corrected chi connectivity index (χ2v) is 5.76. The van der Waals surface area contributed by atoms with E-state index >= 15 is 0 Å². The van der Waals surface area contributed by atoms with Crippen LogP contribution in [0, 0.1) is 11.8 Å². The molecule has 0 aliphatic heterocycles. The van der Waals surface area contributed by atoms with Gasteiger partial charge in [-0.3, -0.25) is 9.69 Å². The van der Waals surface area contributed by atoms with Crippen LogP contribution in [-0.2, 0) is 4.79 Å². The first kappa shape index (κ1) is 11.9. The molecule has 1 N–H and O–H groups in total. The van der Waals surface area contributed by atoms with Crippen LogP contribution in [0.1, 0.15) is 46.0 Å². The Morgan fingerprint density at radius 3 is 2.50 bits per heavy atom. The Balaban J connectivity index is 2.03. The highest BCUT2D eigenvalue weighted by atomic mass is 16.4. The van der Waals surface area contributed by atoms with Crippen molar-refractivity contribution in [2.45, 2.75) is 58.0 Å². The highest BCUT2D eigenvalue weighted by molar-refractivity contribution is 5.71. The average Bonchev–Trinajstić information content (AvgIpc) is 2.90. The normalized spacial score (nSPS) is 30.2. The summed E-state index contributed by atoms with van der Waals surface area (Å²) in [6.07, 6.45) is 5.59. The van der Waals surface area contributed by atoms with E-state index in [1.807, 2.05) is 0 Å². The third kappa shape index (κ3) is 2.57.